The second kappa shape index (κ2) is 6.25. The Labute approximate surface area is 120 Å². The van der Waals surface area contributed by atoms with Crippen LogP contribution in [0, 0.1) is 10.1 Å². The van der Waals surface area contributed by atoms with E-state index < -0.39 is 10.8 Å². The van der Waals surface area contributed by atoms with Crippen LogP contribution >= 0.6 is 11.8 Å². The Morgan fingerprint density at radius 2 is 2.30 bits per heavy atom. The molecule has 0 radical (unpaired) electrons. The number of non-ortho nitro benzene ring substituents is 1. The van der Waals surface area contributed by atoms with Gasteiger partial charge in [-0.3, -0.25) is 20.3 Å². The second-order valence-electron chi connectivity index (χ2n) is 4.11. The lowest BCUT2D eigenvalue weighted by molar-refractivity contribution is -0.384. The minimum atomic E-state index is -0.532. The molecule has 0 unspecified atom stereocenters. The highest BCUT2D eigenvalue weighted by Gasteiger charge is 2.11. The summed E-state index contributed by atoms with van der Waals surface area (Å²) in [5.41, 5.74) is 6.48. The zero-order valence-electron chi connectivity index (χ0n) is 10.8. The molecule has 0 aliphatic carbocycles. The fourth-order valence-electron chi connectivity index (χ4n) is 1.63. The van der Waals surface area contributed by atoms with E-state index in [0.29, 0.717) is 0 Å². The fraction of sp³-hybridized carbons (Fsp3) is 0.154. The number of nitro groups is 1. The summed E-state index contributed by atoms with van der Waals surface area (Å²) in [5, 5.41) is 10.6. The summed E-state index contributed by atoms with van der Waals surface area (Å²) in [4.78, 5) is 23.0. The van der Waals surface area contributed by atoms with E-state index in [4.69, 9.17) is 0 Å². The van der Waals surface area contributed by atoms with Gasteiger partial charge in [0.15, 0.2) is 0 Å². The highest BCUT2D eigenvalue weighted by atomic mass is 32.2. The predicted molar refractivity (Wildman–Crippen MR) is 78.0 cm³/mol. The molecule has 1 aliphatic heterocycles. The van der Waals surface area contributed by atoms with E-state index in [9.17, 15) is 14.9 Å². The molecule has 0 bridgehead atoms. The van der Waals surface area contributed by atoms with Crippen LogP contribution in [0.2, 0.25) is 0 Å². The lowest BCUT2D eigenvalue weighted by atomic mass is 10.2. The monoisotopic (exact) mass is 291 g/mol. The number of benzene rings is 1. The minimum Gasteiger partial charge on any atom is -0.304 e. The van der Waals surface area contributed by atoms with Crippen molar-refractivity contribution in [1.29, 1.82) is 0 Å². The highest BCUT2D eigenvalue weighted by molar-refractivity contribution is 8.03. The molecule has 0 spiro atoms. The summed E-state index contributed by atoms with van der Waals surface area (Å²) in [6, 6.07) is 5.58. The number of rotatable bonds is 4. The predicted octanol–water partition coefficient (Wildman–Crippen LogP) is 2.36. The Balaban J connectivity index is 1.97. The topological polar surface area (TPSA) is 84.3 Å². The Kier molecular flexibility index (Phi) is 4.41. The average molecular weight is 291 g/mol. The van der Waals surface area contributed by atoms with Crippen LogP contribution in [0.25, 0.3) is 0 Å². The lowest BCUT2D eigenvalue weighted by Crippen LogP contribution is -2.33. The number of hydrogen-bond acceptors (Lipinski definition) is 5. The fourth-order valence-corrected chi connectivity index (χ4v) is 2.59. The molecule has 0 atom stereocenters. The molecule has 1 heterocycles. The zero-order chi connectivity index (χ0) is 14.5. The molecule has 104 valence electrons. The molecular formula is C13H13N3O3S. The third-order valence-electron chi connectivity index (χ3n) is 2.73. The third kappa shape index (κ3) is 3.39. The van der Waals surface area contributed by atoms with Crippen molar-refractivity contribution < 1.29 is 9.72 Å². The van der Waals surface area contributed by atoms with Crippen LogP contribution in [0.5, 0.6) is 0 Å². The van der Waals surface area contributed by atoms with Gasteiger partial charge in [-0.15, -0.1) is 11.8 Å². The van der Waals surface area contributed by atoms with E-state index in [1.54, 1.807) is 18.0 Å². The van der Waals surface area contributed by atoms with Crippen LogP contribution in [0.3, 0.4) is 0 Å². The Hall–Kier alpha value is -2.28. The number of nitro benzene ring substituents is 1. The lowest BCUT2D eigenvalue weighted by Gasteiger charge is -2.06. The molecular weight excluding hydrogens is 278 g/mol. The Morgan fingerprint density at radius 1 is 1.50 bits per heavy atom. The first-order chi connectivity index (χ1) is 9.58. The number of nitrogens with zero attached hydrogens (tertiary/aromatic N) is 1. The van der Waals surface area contributed by atoms with Crippen LogP contribution < -0.4 is 10.9 Å². The van der Waals surface area contributed by atoms with Crippen LogP contribution in [0.15, 0.2) is 47.0 Å². The maximum absolute atomic E-state index is 11.8. The van der Waals surface area contributed by atoms with E-state index >= 15 is 0 Å². The third-order valence-corrected chi connectivity index (χ3v) is 3.81. The normalized spacial score (nSPS) is 15.8. The molecule has 2 N–H and O–H groups in total. The van der Waals surface area contributed by atoms with Crippen molar-refractivity contribution in [3.63, 3.8) is 0 Å². The number of nitrogens with one attached hydrogen (secondary N) is 2. The summed E-state index contributed by atoms with van der Waals surface area (Å²) < 4.78 is 0. The molecule has 20 heavy (non-hydrogen) atoms. The SMILES string of the molecule is CC1=CCSC1=CNNC(=O)c1cccc([N+](=O)[O-])c1. The van der Waals surface area contributed by atoms with Gasteiger partial charge in [-0.2, -0.15) is 0 Å². The maximum atomic E-state index is 11.8. The molecule has 2 rings (SSSR count). The standard InChI is InChI=1S/C13H13N3O3S/c1-9-5-6-20-12(9)8-14-15-13(17)10-3-2-4-11(7-10)16(18)19/h2-5,7-8,14H,6H2,1H3,(H,15,17). The van der Waals surface area contributed by atoms with Crippen molar-refractivity contribution in [3.8, 4) is 0 Å². The molecule has 1 aromatic carbocycles. The molecule has 1 amide bonds. The molecule has 0 fully saturated rings. The van der Waals surface area contributed by atoms with Crippen LogP contribution in [0.4, 0.5) is 5.69 Å². The Bertz CT molecular complexity index is 611. The first-order valence-electron chi connectivity index (χ1n) is 5.88. The highest BCUT2D eigenvalue weighted by Crippen LogP contribution is 2.29. The van der Waals surface area contributed by atoms with Gasteiger partial charge < -0.3 is 5.43 Å². The summed E-state index contributed by atoms with van der Waals surface area (Å²) >= 11 is 1.67. The molecule has 0 saturated carbocycles. The molecule has 6 nitrogen and oxygen atoms in total. The van der Waals surface area contributed by atoms with Crippen LogP contribution in [0.1, 0.15) is 17.3 Å². The minimum absolute atomic E-state index is 0.110. The second-order valence-corrected chi connectivity index (χ2v) is 5.17. The number of hydrogen-bond donors (Lipinski definition) is 2. The van der Waals surface area contributed by atoms with Crippen LogP contribution in [-0.4, -0.2) is 16.6 Å². The van der Waals surface area contributed by atoms with E-state index in [0.717, 1.165) is 16.2 Å². The smallest absolute Gasteiger partial charge is 0.270 e. The van der Waals surface area contributed by atoms with Gasteiger partial charge in [0.2, 0.25) is 0 Å². The van der Waals surface area contributed by atoms with Gasteiger partial charge in [0.1, 0.15) is 0 Å². The Morgan fingerprint density at radius 3 is 2.95 bits per heavy atom. The van der Waals surface area contributed by atoms with Gasteiger partial charge in [0.25, 0.3) is 11.6 Å². The van der Waals surface area contributed by atoms with Gasteiger partial charge >= 0.3 is 0 Å². The molecule has 1 aliphatic rings. The first kappa shape index (κ1) is 14.1. The maximum Gasteiger partial charge on any atom is 0.270 e. The number of amides is 1. The largest absolute Gasteiger partial charge is 0.304 e. The van der Waals surface area contributed by atoms with E-state index in [2.05, 4.69) is 16.9 Å². The number of carbonyl (C=O) groups excluding carboxylic acids is 1. The van der Waals surface area contributed by atoms with Gasteiger partial charge in [-0.1, -0.05) is 12.1 Å². The van der Waals surface area contributed by atoms with Crippen LogP contribution in [-0.2, 0) is 0 Å². The number of allylic oxidation sites excluding steroid dienone is 1. The van der Waals surface area contributed by atoms with Gasteiger partial charge in [0, 0.05) is 34.6 Å². The van der Waals surface area contributed by atoms with Crippen molar-refractivity contribution in [3.05, 3.63) is 62.7 Å². The number of thioether (sulfide) groups is 1. The van der Waals surface area contributed by atoms with Gasteiger partial charge in [0.05, 0.1) is 4.92 Å². The summed E-state index contributed by atoms with van der Waals surface area (Å²) in [5.74, 6) is 0.508. The van der Waals surface area contributed by atoms with Crippen molar-refractivity contribution >= 4 is 23.4 Å². The molecule has 1 aromatic rings. The summed E-state index contributed by atoms with van der Waals surface area (Å²) in [6.45, 7) is 2.00. The van der Waals surface area contributed by atoms with E-state index in [1.165, 1.54) is 24.3 Å². The zero-order valence-corrected chi connectivity index (χ0v) is 11.6. The summed E-state index contributed by atoms with van der Waals surface area (Å²) in [6.07, 6.45) is 3.80. The van der Waals surface area contributed by atoms with Gasteiger partial charge in [-0.25, -0.2) is 0 Å². The molecule has 0 aromatic heterocycles. The first-order valence-corrected chi connectivity index (χ1v) is 6.87. The number of carbonyl (C=O) groups is 1. The average Bonchev–Trinajstić information content (AvgIpc) is 2.84. The van der Waals surface area contributed by atoms with Gasteiger partial charge in [-0.05, 0) is 18.6 Å². The van der Waals surface area contributed by atoms with E-state index in [1.807, 2.05) is 6.92 Å². The van der Waals surface area contributed by atoms with Crippen molar-refractivity contribution in [2.75, 3.05) is 5.75 Å². The molecule has 0 saturated heterocycles. The van der Waals surface area contributed by atoms with Crippen molar-refractivity contribution in [2.45, 2.75) is 6.92 Å². The number of hydrazine groups is 1. The van der Waals surface area contributed by atoms with Crippen molar-refractivity contribution in [2.24, 2.45) is 0 Å². The summed E-state index contributed by atoms with van der Waals surface area (Å²) in [7, 11) is 0. The van der Waals surface area contributed by atoms with Crippen molar-refractivity contribution in [1.82, 2.24) is 10.9 Å². The molecule has 7 heteroatoms. The quantitative estimate of drug-likeness (QED) is 0.657. The van der Waals surface area contributed by atoms with E-state index in [-0.39, 0.29) is 11.3 Å².